The van der Waals surface area contributed by atoms with Crippen LogP contribution in [0.15, 0.2) is 24.3 Å². The molecular formula is C14H18N2O. The molecule has 1 aliphatic carbocycles. The monoisotopic (exact) mass is 230 g/mol. The van der Waals surface area contributed by atoms with Crippen molar-refractivity contribution in [3.63, 3.8) is 0 Å². The lowest BCUT2D eigenvalue weighted by atomic mass is 9.92. The van der Waals surface area contributed by atoms with Gasteiger partial charge in [0.1, 0.15) is 0 Å². The molecule has 3 nitrogen and oxygen atoms in total. The molecule has 0 bridgehead atoms. The third-order valence-corrected chi connectivity index (χ3v) is 3.38. The fraction of sp³-hybridized carbons (Fsp3) is 0.500. The Balaban J connectivity index is 1.86. The largest absolute Gasteiger partial charge is 0.392 e. The number of nitrogens with one attached hydrogen (secondary N) is 1. The van der Waals surface area contributed by atoms with Crippen LogP contribution in [-0.4, -0.2) is 17.3 Å². The van der Waals surface area contributed by atoms with Crippen molar-refractivity contribution in [2.24, 2.45) is 0 Å². The maximum absolute atomic E-state index is 9.82. The number of nitriles is 1. The zero-order valence-electron chi connectivity index (χ0n) is 9.89. The molecule has 0 heterocycles. The van der Waals surface area contributed by atoms with Gasteiger partial charge in [-0.2, -0.15) is 5.26 Å². The first kappa shape index (κ1) is 12.1. The Hall–Kier alpha value is -1.37. The van der Waals surface area contributed by atoms with E-state index in [1.807, 2.05) is 24.3 Å². The van der Waals surface area contributed by atoms with Crippen LogP contribution in [0.2, 0.25) is 0 Å². The number of rotatable bonds is 3. The lowest BCUT2D eigenvalue weighted by Gasteiger charge is -2.28. The molecule has 2 rings (SSSR count). The van der Waals surface area contributed by atoms with Gasteiger partial charge in [0, 0.05) is 12.6 Å². The normalized spacial score (nSPS) is 24.2. The second-order valence-corrected chi connectivity index (χ2v) is 4.65. The van der Waals surface area contributed by atoms with E-state index in [0.717, 1.165) is 31.4 Å². The van der Waals surface area contributed by atoms with Gasteiger partial charge in [-0.25, -0.2) is 0 Å². The van der Waals surface area contributed by atoms with E-state index >= 15 is 0 Å². The topological polar surface area (TPSA) is 56.0 Å². The Bertz CT molecular complexity index is 394. The van der Waals surface area contributed by atoms with Gasteiger partial charge in [-0.15, -0.1) is 0 Å². The van der Waals surface area contributed by atoms with Crippen molar-refractivity contribution in [2.75, 3.05) is 0 Å². The summed E-state index contributed by atoms with van der Waals surface area (Å²) in [5.41, 5.74) is 1.84. The first-order valence-corrected chi connectivity index (χ1v) is 6.20. The van der Waals surface area contributed by atoms with Crippen LogP contribution >= 0.6 is 0 Å². The zero-order chi connectivity index (χ0) is 12.1. The van der Waals surface area contributed by atoms with Gasteiger partial charge < -0.3 is 10.4 Å². The molecule has 1 saturated carbocycles. The molecule has 1 aliphatic rings. The van der Waals surface area contributed by atoms with Crippen LogP contribution in [-0.2, 0) is 6.54 Å². The molecule has 2 atom stereocenters. The summed E-state index contributed by atoms with van der Waals surface area (Å²) in [5.74, 6) is 0. The van der Waals surface area contributed by atoms with E-state index in [2.05, 4.69) is 11.4 Å². The highest BCUT2D eigenvalue weighted by molar-refractivity contribution is 5.31. The summed E-state index contributed by atoms with van der Waals surface area (Å²) in [6.45, 7) is 0.757. The maximum atomic E-state index is 9.82. The maximum Gasteiger partial charge on any atom is 0.0991 e. The molecular weight excluding hydrogens is 212 g/mol. The van der Waals surface area contributed by atoms with Crippen molar-refractivity contribution < 1.29 is 5.11 Å². The molecule has 0 aliphatic heterocycles. The Morgan fingerprint density at radius 3 is 2.59 bits per heavy atom. The molecule has 90 valence electrons. The summed E-state index contributed by atoms with van der Waals surface area (Å²) in [6, 6.07) is 9.90. The van der Waals surface area contributed by atoms with Crippen LogP contribution in [0, 0.1) is 11.3 Å². The molecule has 17 heavy (non-hydrogen) atoms. The first-order chi connectivity index (χ1) is 8.29. The van der Waals surface area contributed by atoms with E-state index < -0.39 is 0 Å². The van der Waals surface area contributed by atoms with E-state index in [9.17, 15) is 5.11 Å². The van der Waals surface area contributed by atoms with Crippen LogP contribution in [0.1, 0.15) is 36.8 Å². The van der Waals surface area contributed by atoms with Gasteiger partial charge >= 0.3 is 0 Å². The van der Waals surface area contributed by atoms with Gasteiger partial charge in [0.05, 0.1) is 17.7 Å². The van der Waals surface area contributed by atoms with Gasteiger partial charge in [0.2, 0.25) is 0 Å². The van der Waals surface area contributed by atoms with Gasteiger partial charge in [0.25, 0.3) is 0 Å². The Morgan fingerprint density at radius 1 is 1.24 bits per heavy atom. The lowest BCUT2D eigenvalue weighted by Crippen LogP contribution is -2.41. The minimum atomic E-state index is -0.206. The van der Waals surface area contributed by atoms with Crippen LogP contribution < -0.4 is 5.32 Å². The lowest BCUT2D eigenvalue weighted by molar-refractivity contribution is 0.0902. The smallest absolute Gasteiger partial charge is 0.0991 e. The average molecular weight is 230 g/mol. The van der Waals surface area contributed by atoms with Crippen molar-refractivity contribution in [1.29, 1.82) is 5.26 Å². The van der Waals surface area contributed by atoms with Crippen molar-refractivity contribution in [3.8, 4) is 6.07 Å². The second-order valence-electron chi connectivity index (χ2n) is 4.65. The highest BCUT2D eigenvalue weighted by Crippen LogP contribution is 2.18. The fourth-order valence-corrected chi connectivity index (χ4v) is 2.30. The summed E-state index contributed by atoms with van der Waals surface area (Å²) in [6.07, 6.45) is 4.09. The summed E-state index contributed by atoms with van der Waals surface area (Å²) in [7, 11) is 0. The molecule has 2 unspecified atom stereocenters. The minimum Gasteiger partial charge on any atom is -0.392 e. The van der Waals surface area contributed by atoms with Crippen LogP contribution in [0.3, 0.4) is 0 Å². The summed E-state index contributed by atoms with van der Waals surface area (Å²) in [5, 5.41) is 21.9. The molecule has 1 aromatic carbocycles. The van der Waals surface area contributed by atoms with Gasteiger partial charge in [-0.1, -0.05) is 25.0 Å². The molecule has 3 heteroatoms. The average Bonchev–Trinajstić information content (AvgIpc) is 2.38. The predicted octanol–water partition coefficient (Wildman–Crippen LogP) is 1.95. The van der Waals surface area contributed by atoms with Crippen LogP contribution in [0.4, 0.5) is 0 Å². The summed E-state index contributed by atoms with van der Waals surface area (Å²) < 4.78 is 0. The van der Waals surface area contributed by atoms with Gasteiger partial charge in [-0.05, 0) is 30.5 Å². The van der Waals surface area contributed by atoms with Crippen LogP contribution in [0.25, 0.3) is 0 Å². The molecule has 0 spiro atoms. The molecule has 0 radical (unpaired) electrons. The summed E-state index contributed by atoms with van der Waals surface area (Å²) >= 11 is 0. The fourth-order valence-electron chi connectivity index (χ4n) is 2.30. The van der Waals surface area contributed by atoms with Crippen molar-refractivity contribution >= 4 is 0 Å². The minimum absolute atomic E-state index is 0.206. The van der Waals surface area contributed by atoms with E-state index in [1.54, 1.807) is 0 Å². The molecule has 2 N–H and O–H groups in total. The highest BCUT2D eigenvalue weighted by Gasteiger charge is 2.21. The van der Waals surface area contributed by atoms with Crippen LogP contribution in [0.5, 0.6) is 0 Å². The SMILES string of the molecule is N#Cc1ccc(CNC2CCCCC2O)cc1. The van der Waals surface area contributed by atoms with Gasteiger partial charge in [-0.3, -0.25) is 0 Å². The first-order valence-electron chi connectivity index (χ1n) is 6.20. The van der Waals surface area contributed by atoms with Crippen molar-refractivity contribution in [1.82, 2.24) is 5.32 Å². The number of nitrogens with zero attached hydrogens (tertiary/aromatic N) is 1. The molecule has 0 amide bonds. The second kappa shape index (κ2) is 5.81. The third-order valence-electron chi connectivity index (χ3n) is 3.38. The molecule has 1 fully saturated rings. The van der Waals surface area contributed by atoms with E-state index in [4.69, 9.17) is 5.26 Å². The number of hydrogen-bond acceptors (Lipinski definition) is 3. The van der Waals surface area contributed by atoms with Gasteiger partial charge in [0.15, 0.2) is 0 Å². The van der Waals surface area contributed by atoms with Crippen molar-refractivity contribution in [3.05, 3.63) is 35.4 Å². The predicted molar refractivity (Wildman–Crippen MR) is 66.3 cm³/mol. The molecule has 1 aromatic rings. The molecule has 0 aromatic heterocycles. The Kier molecular flexibility index (Phi) is 4.13. The van der Waals surface area contributed by atoms with Crippen molar-refractivity contribution in [2.45, 2.75) is 44.4 Å². The zero-order valence-corrected chi connectivity index (χ0v) is 9.89. The highest BCUT2D eigenvalue weighted by atomic mass is 16.3. The number of benzene rings is 1. The number of aliphatic hydroxyl groups is 1. The van der Waals surface area contributed by atoms with E-state index in [0.29, 0.717) is 5.56 Å². The van der Waals surface area contributed by atoms with E-state index in [1.165, 1.54) is 6.42 Å². The summed E-state index contributed by atoms with van der Waals surface area (Å²) in [4.78, 5) is 0. The quantitative estimate of drug-likeness (QED) is 0.834. The standard InChI is InChI=1S/C14H18N2O/c15-9-11-5-7-12(8-6-11)10-16-13-3-1-2-4-14(13)17/h5-8,13-14,16-17H,1-4,10H2. The number of aliphatic hydroxyl groups excluding tert-OH is 1. The number of hydrogen-bond donors (Lipinski definition) is 2. The third kappa shape index (κ3) is 3.29. The molecule has 0 saturated heterocycles. The Labute approximate surface area is 102 Å². The van der Waals surface area contributed by atoms with E-state index in [-0.39, 0.29) is 12.1 Å². The Morgan fingerprint density at radius 2 is 1.94 bits per heavy atom.